The van der Waals surface area contributed by atoms with E-state index in [0.717, 1.165) is 48.0 Å². The van der Waals surface area contributed by atoms with Gasteiger partial charge in [0, 0.05) is 38.6 Å². The second kappa shape index (κ2) is 5.62. The maximum absolute atomic E-state index is 11.9. The van der Waals surface area contributed by atoms with Crippen molar-refractivity contribution in [2.45, 2.75) is 6.92 Å². The minimum atomic E-state index is -0.139. The monoisotopic (exact) mass is 328 g/mol. The van der Waals surface area contributed by atoms with E-state index >= 15 is 0 Å². The fourth-order valence-corrected chi connectivity index (χ4v) is 3.72. The molecule has 4 rings (SSSR count). The van der Waals surface area contributed by atoms with E-state index in [9.17, 15) is 4.79 Å². The predicted octanol–water partition coefficient (Wildman–Crippen LogP) is 1.41. The molecule has 3 aromatic heterocycles. The second-order valence-electron chi connectivity index (χ2n) is 5.45. The Balaban J connectivity index is 1.59. The van der Waals surface area contributed by atoms with Crippen LogP contribution >= 0.6 is 11.3 Å². The maximum Gasteiger partial charge on any atom is 0.290 e. The quantitative estimate of drug-likeness (QED) is 0.766. The number of aromatic nitrogens is 4. The number of nitrogens with zero attached hydrogens (tertiary/aromatic N) is 5. The number of rotatable bonds is 2. The van der Waals surface area contributed by atoms with E-state index in [1.54, 1.807) is 23.7 Å². The molecule has 1 saturated heterocycles. The van der Waals surface area contributed by atoms with Gasteiger partial charge in [0.05, 0.1) is 10.2 Å². The summed E-state index contributed by atoms with van der Waals surface area (Å²) >= 11 is 1.67. The average molecular weight is 328 g/mol. The molecule has 23 heavy (non-hydrogen) atoms. The predicted molar refractivity (Wildman–Crippen MR) is 91.4 cm³/mol. The summed E-state index contributed by atoms with van der Waals surface area (Å²) in [5.41, 5.74) is 0.862. The van der Waals surface area contributed by atoms with Gasteiger partial charge in [0.15, 0.2) is 5.82 Å². The van der Waals surface area contributed by atoms with Gasteiger partial charge in [-0.05, 0) is 18.4 Å². The van der Waals surface area contributed by atoms with Gasteiger partial charge in [-0.3, -0.25) is 4.79 Å². The Hall–Kier alpha value is -2.48. The van der Waals surface area contributed by atoms with Gasteiger partial charge in [-0.1, -0.05) is 0 Å². The Labute approximate surface area is 136 Å². The molecule has 1 fully saturated rings. The van der Waals surface area contributed by atoms with E-state index in [-0.39, 0.29) is 5.56 Å². The molecule has 4 heterocycles. The highest BCUT2D eigenvalue weighted by atomic mass is 32.1. The number of fused-ring (bicyclic) bond motifs is 1. The van der Waals surface area contributed by atoms with Crippen molar-refractivity contribution in [1.29, 1.82) is 0 Å². The van der Waals surface area contributed by atoms with Gasteiger partial charge in [0.1, 0.15) is 11.6 Å². The molecule has 1 aliphatic heterocycles. The molecule has 0 radical (unpaired) electrons. The number of aromatic amines is 1. The van der Waals surface area contributed by atoms with Crippen LogP contribution in [0, 0.1) is 6.92 Å². The summed E-state index contributed by atoms with van der Waals surface area (Å²) < 4.78 is 1.12. The minimum absolute atomic E-state index is 0.139. The number of nitrogens with one attached hydrogen (secondary N) is 1. The van der Waals surface area contributed by atoms with Crippen molar-refractivity contribution in [3.8, 4) is 0 Å². The van der Waals surface area contributed by atoms with Gasteiger partial charge >= 0.3 is 0 Å². The first kappa shape index (κ1) is 14.1. The summed E-state index contributed by atoms with van der Waals surface area (Å²) in [6.07, 6.45) is 3.17. The molecule has 0 amide bonds. The first-order valence-electron chi connectivity index (χ1n) is 7.48. The van der Waals surface area contributed by atoms with Gasteiger partial charge < -0.3 is 14.8 Å². The summed E-state index contributed by atoms with van der Waals surface area (Å²) in [6, 6.07) is 2.03. The van der Waals surface area contributed by atoms with E-state index in [1.165, 1.54) is 0 Å². The van der Waals surface area contributed by atoms with Gasteiger partial charge in [-0.2, -0.15) is 0 Å². The fraction of sp³-hybridized carbons (Fsp3) is 0.333. The van der Waals surface area contributed by atoms with Crippen molar-refractivity contribution >= 4 is 33.2 Å². The number of aryl methyl sites for hydroxylation is 1. The van der Waals surface area contributed by atoms with Crippen LogP contribution in [-0.4, -0.2) is 46.1 Å². The smallest absolute Gasteiger partial charge is 0.290 e. The van der Waals surface area contributed by atoms with Crippen LogP contribution in [0.4, 0.5) is 11.6 Å². The zero-order valence-corrected chi connectivity index (χ0v) is 13.5. The number of thiophene rings is 1. The topological polar surface area (TPSA) is 78.0 Å². The number of anilines is 2. The van der Waals surface area contributed by atoms with E-state index in [0.29, 0.717) is 5.82 Å². The van der Waals surface area contributed by atoms with Crippen molar-refractivity contribution in [2.75, 3.05) is 36.0 Å². The van der Waals surface area contributed by atoms with E-state index < -0.39 is 0 Å². The summed E-state index contributed by atoms with van der Waals surface area (Å²) in [4.78, 5) is 32.1. The van der Waals surface area contributed by atoms with Gasteiger partial charge in [0.25, 0.3) is 5.56 Å². The van der Waals surface area contributed by atoms with Crippen LogP contribution in [0.1, 0.15) is 5.82 Å². The molecule has 7 nitrogen and oxygen atoms in total. The third-order valence-corrected chi connectivity index (χ3v) is 4.86. The van der Waals surface area contributed by atoms with Gasteiger partial charge in [0.2, 0.25) is 0 Å². The van der Waals surface area contributed by atoms with Crippen molar-refractivity contribution in [3.05, 3.63) is 40.0 Å². The molecular formula is C15H16N6OS. The minimum Gasteiger partial charge on any atom is -0.352 e. The molecule has 0 bridgehead atoms. The molecule has 0 unspecified atom stereocenters. The van der Waals surface area contributed by atoms with E-state index in [1.807, 2.05) is 23.3 Å². The van der Waals surface area contributed by atoms with Crippen LogP contribution in [-0.2, 0) is 0 Å². The van der Waals surface area contributed by atoms with E-state index in [2.05, 4.69) is 24.8 Å². The summed E-state index contributed by atoms with van der Waals surface area (Å²) in [5, 5.41) is 2.05. The highest BCUT2D eigenvalue weighted by Gasteiger charge is 2.23. The van der Waals surface area contributed by atoms with Crippen molar-refractivity contribution in [1.82, 2.24) is 19.9 Å². The third kappa shape index (κ3) is 2.55. The molecular weight excluding hydrogens is 312 g/mol. The summed E-state index contributed by atoms with van der Waals surface area (Å²) in [5.74, 6) is 2.28. The van der Waals surface area contributed by atoms with Crippen LogP contribution in [0.2, 0.25) is 0 Å². The molecule has 0 atom stereocenters. The SMILES string of the molecule is Cc1nc(N2CCN(c3ncc[nH]c3=O)CC2)c2sccc2n1. The molecule has 0 aliphatic carbocycles. The number of H-pyrrole nitrogens is 1. The van der Waals surface area contributed by atoms with Crippen LogP contribution in [0.25, 0.3) is 10.2 Å². The molecule has 0 aromatic carbocycles. The highest BCUT2D eigenvalue weighted by molar-refractivity contribution is 7.17. The maximum atomic E-state index is 11.9. The third-order valence-electron chi connectivity index (χ3n) is 3.97. The molecule has 8 heteroatoms. The normalized spacial score (nSPS) is 15.3. The Bertz CT molecular complexity index is 896. The average Bonchev–Trinajstić information content (AvgIpc) is 3.03. The zero-order valence-electron chi connectivity index (χ0n) is 12.7. The largest absolute Gasteiger partial charge is 0.352 e. The summed E-state index contributed by atoms with van der Waals surface area (Å²) in [7, 11) is 0. The second-order valence-corrected chi connectivity index (χ2v) is 6.36. The first-order valence-corrected chi connectivity index (χ1v) is 8.36. The molecule has 118 valence electrons. The van der Waals surface area contributed by atoms with Crippen LogP contribution in [0.15, 0.2) is 28.6 Å². The number of hydrogen-bond donors (Lipinski definition) is 1. The zero-order chi connectivity index (χ0) is 15.8. The fourth-order valence-electron chi connectivity index (χ4n) is 2.87. The van der Waals surface area contributed by atoms with Crippen molar-refractivity contribution in [2.24, 2.45) is 0 Å². The Morgan fingerprint density at radius 3 is 2.61 bits per heavy atom. The van der Waals surface area contributed by atoms with E-state index in [4.69, 9.17) is 0 Å². The molecule has 1 aliphatic rings. The lowest BCUT2D eigenvalue weighted by Crippen LogP contribution is -2.48. The number of piperazine rings is 1. The van der Waals surface area contributed by atoms with Crippen molar-refractivity contribution in [3.63, 3.8) is 0 Å². The Morgan fingerprint density at radius 2 is 1.87 bits per heavy atom. The molecule has 0 saturated carbocycles. The highest BCUT2D eigenvalue weighted by Crippen LogP contribution is 2.29. The van der Waals surface area contributed by atoms with Crippen LogP contribution < -0.4 is 15.4 Å². The first-order chi connectivity index (χ1) is 11.2. The summed E-state index contributed by atoms with van der Waals surface area (Å²) in [6.45, 7) is 5.02. The van der Waals surface area contributed by atoms with Gasteiger partial charge in [-0.25, -0.2) is 15.0 Å². The Kier molecular flexibility index (Phi) is 3.45. The number of hydrogen-bond acceptors (Lipinski definition) is 7. The lowest BCUT2D eigenvalue weighted by atomic mass is 10.3. The standard InChI is InChI=1S/C15H16N6OS/c1-10-18-11-2-9-23-12(11)13(19-10)20-5-7-21(8-6-20)14-15(22)17-4-3-16-14/h2-4,9H,5-8H2,1H3,(H,17,22). The molecule has 0 spiro atoms. The van der Waals surface area contributed by atoms with Crippen LogP contribution in [0.5, 0.6) is 0 Å². The molecule has 1 N–H and O–H groups in total. The van der Waals surface area contributed by atoms with Gasteiger partial charge in [-0.15, -0.1) is 11.3 Å². The van der Waals surface area contributed by atoms with Crippen molar-refractivity contribution < 1.29 is 0 Å². The van der Waals surface area contributed by atoms with Crippen LogP contribution in [0.3, 0.4) is 0 Å². The lowest BCUT2D eigenvalue weighted by Gasteiger charge is -2.35. The Morgan fingerprint density at radius 1 is 1.13 bits per heavy atom. The molecule has 3 aromatic rings. The lowest BCUT2D eigenvalue weighted by molar-refractivity contribution is 0.639.